The second kappa shape index (κ2) is 8.32. The second-order valence-electron chi connectivity index (χ2n) is 10.5. The summed E-state index contributed by atoms with van der Waals surface area (Å²) in [5.74, 6) is 0. The number of benzene rings is 2. The van der Waals surface area contributed by atoms with E-state index in [1.165, 1.54) is 11.3 Å². The highest BCUT2D eigenvalue weighted by molar-refractivity contribution is 7.20. The van der Waals surface area contributed by atoms with Gasteiger partial charge in [0.2, 0.25) is 5.13 Å². The van der Waals surface area contributed by atoms with Gasteiger partial charge in [-0.3, -0.25) is 14.9 Å². The molecule has 7 heteroatoms. The molecule has 0 spiro atoms. The number of aromatic nitrogens is 3. The van der Waals surface area contributed by atoms with Crippen molar-refractivity contribution in [1.29, 1.82) is 0 Å². The maximum absolute atomic E-state index is 13.8. The van der Waals surface area contributed by atoms with E-state index in [1.807, 2.05) is 61.5 Å². The zero-order valence-corrected chi connectivity index (χ0v) is 21.2. The minimum absolute atomic E-state index is 0.0161. The van der Waals surface area contributed by atoms with E-state index in [9.17, 15) is 4.79 Å². The molecule has 0 aliphatic carbocycles. The summed E-state index contributed by atoms with van der Waals surface area (Å²) >= 11 is 1.50. The third-order valence-electron chi connectivity index (χ3n) is 6.33. The lowest BCUT2D eigenvalue weighted by molar-refractivity contribution is 0.164. The maximum Gasteiger partial charge on any atom is 0.283 e. The van der Waals surface area contributed by atoms with E-state index in [-0.39, 0.29) is 22.7 Å². The molecule has 0 amide bonds. The van der Waals surface area contributed by atoms with Crippen molar-refractivity contribution < 1.29 is 0 Å². The summed E-state index contributed by atoms with van der Waals surface area (Å²) in [5.41, 5.74) is 3.84. The van der Waals surface area contributed by atoms with Crippen LogP contribution in [0.15, 0.2) is 64.4 Å². The largest absolute Gasteiger partial charge is 0.307 e. The third kappa shape index (κ3) is 4.38. The molecule has 2 aromatic carbocycles. The number of piperidine rings is 1. The van der Waals surface area contributed by atoms with Crippen molar-refractivity contribution in [2.24, 2.45) is 4.99 Å². The highest BCUT2D eigenvalue weighted by Gasteiger charge is 2.37. The van der Waals surface area contributed by atoms with Crippen LogP contribution in [0.1, 0.15) is 53.0 Å². The third-order valence-corrected chi connectivity index (χ3v) is 7.36. The van der Waals surface area contributed by atoms with Crippen molar-refractivity contribution in [3.63, 3.8) is 0 Å². The molecule has 0 saturated carbocycles. The van der Waals surface area contributed by atoms with Crippen LogP contribution < -0.4 is 10.9 Å². The molecule has 6 nitrogen and oxygen atoms in total. The fraction of sp³-hybridized carbons (Fsp3) is 0.370. The number of aliphatic imine (C=N–C) groups is 1. The number of thiazole rings is 1. The summed E-state index contributed by atoms with van der Waals surface area (Å²) in [5, 5.41) is 7.70. The van der Waals surface area contributed by atoms with Crippen LogP contribution in [-0.4, -0.2) is 37.6 Å². The Labute approximate surface area is 203 Å². The molecule has 5 rings (SSSR count). The van der Waals surface area contributed by atoms with Gasteiger partial charge in [0, 0.05) is 22.4 Å². The van der Waals surface area contributed by atoms with Crippen LogP contribution in [0.2, 0.25) is 0 Å². The Bertz CT molecular complexity index is 1380. The van der Waals surface area contributed by atoms with Gasteiger partial charge in [0.25, 0.3) is 5.56 Å². The Morgan fingerprint density at radius 3 is 2.35 bits per heavy atom. The predicted molar refractivity (Wildman–Crippen MR) is 142 cm³/mol. The lowest BCUT2D eigenvalue weighted by Gasteiger charge is -2.45. The number of aromatic amines is 1. The number of rotatable bonds is 4. The SMILES string of the molecule is CC(=NC1CC(C)(C)NC(C)(C)C1)c1c(-c2ccccc2)[nH]n(-c2nc3ccccc3s2)c1=O. The van der Waals surface area contributed by atoms with Crippen LogP contribution in [0.3, 0.4) is 0 Å². The Morgan fingerprint density at radius 1 is 1.03 bits per heavy atom. The van der Waals surface area contributed by atoms with Gasteiger partial charge >= 0.3 is 0 Å². The van der Waals surface area contributed by atoms with Gasteiger partial charge in [0.1, 0.15) is 0 Å². The topological polar surface area (TPSA) is 75.1 Å². The summed E-state index contributed by atoms with van der Waals surface area (Å²) < 4.78 is 2.61. The molecule has 34 heavy (non-hydrogen) atoms. The fourth-order valence-electron chi connectivity index (χ4n) is 5.38. The first-order valence-corrected chi connectivity index (χ1v) is 12.5. The molecule has 0 unspecified atom stereocenters. The molecular formula is C27H31N5OS. The molecule has 1 aliphatic heterocycles. The minimum Gasteiger partial charge on any atom is -0.307 e. The fourth-order valence-corrected chi connectivity index (χ4v) is 6.30. The Hall–Kier alpha value is -3.03. The molecule has 0 atom stereocenters. The van der Waals surface area contributed by atoms with E-state index in [0.717, 1.165) is 40.0 Å². The Morgan fingerprint density at radius 2 is 1.68 bits per heavy atom. The van der Waals surface area contributed by atoms with Gasteiger partial charge in [0.15, 0.2) is 0 Å². The summed E-state index contributed by atoms with van der Waals surface area (Å²) in [7, 11) is 0. The molecular weight excluding hydrogens is 442 g/mol. The number of hydrogen-bond acceptors (Lipinski definition) is 5. The zero-order valence-electron chi connectivity index (χ0n) is 20.3. The highest BCUT2D eigenvalue weighted by atomic mass is 32.1. The predicted octanol–water partition coefficient (Wildman–Crippen LogP) is 5.56. The zero-order chi connectivity index (χ0) is 24.1. The molecule has 0 bridgehead atoms. The number of nitrogens with one attached hydrogen (secondary N) is 2. The molecule has 1 fully saturated rings. The van der Waals surface area contributed by atoms with Gasteiger partial charge < -0.3 is 5.32 Å². The normalized spacial score (nSPS) is 18.4. The van der Waals surface area contributed by atoms with Crippen molar-refractivity contribution in [3.05, 3.63) is 70.5 Å². The summed E-state index contributed by atoms with van der Waals surface area (Å²) in [6, 6.07) is 18.1. The van der Waals surface area contributed by atoms with E-state index >= 15 is 0 Å². The second-order valence-corrected chi connectivity index (χ2v) is 11.5. The van der Waals surface area contributed by atoms with Crippen molar-refractivity contribution in [3.8, 4) is 16.4 Å². The number of para-hydroxylation sites is 1. The van der Waals surface area contributed by atoms with Gasteiger partial charge in [-0.15, -0.1) is 0 Å². The standard InChI is InChI=1S/C27H31N5OS/c1-17(28-19-15-26(2,3)31-27(4,5)16-19)22-23(18-11-7-6-8-12-18)30-32(24(22)33)25-29-20-13-9-10-14-21(20)34-25/h6-14,19,30-31H,15-16H2,1-5H3. The van der Waals surface area contributed by atoms with Crippen molar-refractivity contribution in [1.82, 2.24) is 20.1 Å². The molecule has 176 valence electrons. The average molecular weight is 474 g/mol. The smallest absolute Gasteiger partial charge is 0.283 e. The first kappa shape index (κ1) is 22.7. The molecule has 2 aromatic heterocycles. The van der Waals surface area contributed by atoms with Crippen LogP contribution in [0.25, 0.3) is 26.6 Å². The molecule has 3 heterocycles. The van der Waals surface area contributed by atoms with Crippen LogP contribution >= 0.6 is 11.3 Å². The lowest BCUT2D eigenvalue weighted by atomic mass is 9.80. The molecule has 4 aromatic rings. The van der Waals surface area contributed by atoms with Gasteiger partial charge in [-0.05, 0) is 59.6 Å². The highest BCUT2D eigenvalue weighted by Crippen LogP contribution is 2.31. The quantitative estimate of drug-likeness (QED) is 0.381. The Balaban J connectivity index is 1.63. The van der Waals surface area contributed by atoms with Crippen molar-refractivity contribution in [2.45, 2.75) is 64.6 Å². The van der Waals surface area contributed by atoms with Crippen LogP contribution in [0.5, 0.6) is 0 Å². The first-order chi connectivity index (χ1) is 16.1. The number of hydrogen-bond donors (Lipinski definition) is 2. The van der Waals surface area contributed by atoms with E-state index in [4.69, 9.17) is 9.98 Å². The number of fused-ring (bicyclic) bond motifs is 1. The van der Waals surface area contributed by atoms with E-state index in [2.05, 4.69) is 38.1 Å². The minimum atomic E-state index is -0.119. The van der Waals surface area contributed by atoms with E-state index < -0.39 is 0 Å². The first-order valence-electron chi connectivity index (χ1n) is 11.7. The molecule has 0 radical (unpaired) electrons. The summed E-state index contributed by atoms with van der Waals surface area (Å²) in [6.07, 6.45) is 1.84. The van der Waals surface area contributed by atoms with E-state index in [0.29, 0.717) is 10.7 Å². The van der Waals surface area contributed by atoms with Crippen molar-refractivity contribution in [2.75, 3.05) is 0 Å². The lowest BCUT2D eigenvalue weighted by Crippen LogP contribution is -2.58. The summed E-state index contributed by atoms with van der Waals surface area (Å²) in [6.45, 7) is 10.8. The van der Waals surface area contributed by atoms with E-state index in [1.54, 1.807) is 4.68 Å². The number of nitrogens with zero attached hydrogens (tertiary/aromatic N) is 3. The average Bonchev–Trinajstić information content (AvgIpc) is 3.32. The number of H-pyrrole nitrogens is 1. The van der Waals surface area contributed by atoms with Gasteiger partial charge in [-0.1, -0.05) is 53.8 Å². The van der Waals surface area contributed by atoms with Crippen LogP contribution in [0, 0.1) is 0 Å². The van der Waals surface area contributed by atoms with Gasteiger partial charge in [-0.2, -0.15) is 4.68 Å². The maximum atomic E-state index is 13.8. The molecule has 1 aliphatic rings. The van der Waals surface area contributed by atoms with Gasteiger partial charge in [0.05, 0.1) is 27.5 Å². The van der Waals surface area contributed by atoms with Crippen molar-refractivity contribution >= 4 is 27.3 Å². The monoisotopic (exact) mass is 473 g/mol. The summed E-state index contributed by atoms with van der Waals surface area (Å²) in [4.78, 5) is 23.6. The molecule has 1 saturated heterocycles. The van der Waals surface area contributed by atoms with Gasteiger partial charge in [-0.25, -0.2) is 4.98 Å². The molecule has 2 N–H and O–H groups in total. The Kier molecular flexibility index (Phi) is 5.57. The van der Waals surface area contributed by atoms with Crippen LogP contribution in [-0.2, 0) is 0 Å². The van der Waals surface area contributed by atoms with Crippen LogP contribution in [0.4, 0.5) is 0 Å².